The SMILES string of the molecule is CNC(=O)c1cc(C(=O)CC2CC2)cn(Cc2cccc3c2C(C)=CC3)c1=O. The minimum Gasteiger partial charge on any atom is -0.355 e. The van der Waals surface area contributed by atoms with Crippen molar-refractivity contribution in [3.8, 4) is 0 Å². The fourth-order valence-corrected chi connectivity index (χ4v) is 3.92. The number of Topliss-reactive ketones (excluding diaryl/α,β-unsaturated/α-hetero) is 1. The van der Waals surface area contributed by atoms with Crippen molar-refractivity contribution in [2.45, 2.75) is 39.2 Å². The van der Waals surface area contributed by atoms with Crippen molar-refractivity contribution in [1.29, 1.82) is 0 Å². The van der Waals surface area contributed by atoms with Gasteiger partial charge < -0.3 is 9.88 Å². The molecule has 144 valence electrons. The van der Waals surface area contributed by atoms with Crippen LogP contribution < -0.4 is 10.9 Å². The molecule has 2 aliphatic carbocycles. The van der Waals surface area contributed by atoms with Gasteiger partial charge in [0, 0.05) is 25.2 Å². The molecule has 0 atom stereocenters. The maximum Gasteiger partial charge on any atom is 0.263 e. The molecule has 1 aromatic carbocycles. The van der Waals surface area contributed by atoms with E-state index in [0.29, 0.717) is 24.4 Å². The summed E-state index contributed by atoms with van der Waals surface area (Å²) in [5.74, 6) is -0.0218. The zero-order chi connectivity index (χ0) is 19.8. The Morgan fingerprint density at radius 1 is 1.25 bits per heavy atom. The van der Waals surface area contributed by atoms with Gasteiger partial charge in [-0.15, -0.1) is 0 Å². The van der Waals surface area contributed by atoms with E-state index in [1.807, 2.05) is 12.1 Å². The second-order valence-corrected chi connectivity index (χ2v) is 7.77. The molecule has 28 heavy (non-hydrogen) atoms. The number of nitrogens with one attached hydrogen (secondary N) is 1. The molecule has 0 unspecified atom stereocenters. The average molecular weight is 376 g/mol. The number of rotatable bonds is 6. The zero-order valence-corrected chi connectivity index (χ0v) is 16.2. The van der Waals surface area contributed by atoms with Crippen LogP contribution in [0.2, 0.25) is 0 Å². The minimum absolute atomic E-state index is 0.00392. The van der Waals surface area contributed by atoms with E-state index >= 15 is 0 Å². The summed E-state index contributed by atoms with van der Waals surface area (Å²) in [6, 6.07) is 7.54. The fraction of sp³-hybridized carbons (Fsp3) is 0.348. The Kier molecular flexibility index (Phi) is 4.75. The minimum atomic E-state index is -0.464. The Morgan fingerprint density at radius 3 is 2.75 bits per heavy atom. The van der Waals surface area contributed by atoms with Crippen LogP contribution in [-0.2, 0) is 13.0 Å². The second kappa shape index (κ2) is 7.23. The first kappa shape index (κ1) is 18.4. The summed E-state index contributed by atoms with van der Waals surface area (Å²) in [6.07, 6.45) is 7.33. The summed E-state index contributed by atoms with van der Waals surface area (Å²) < 4.78 is 1.51. The monoisotopic (exact) mass is 376 g/mol. The molecule has 1 aromatic heterocycles. The molecule has 5 heteroatoms. The molecule has 1 amide bonds. The largest absolute Gasteiger partial charge is 0.355 e. The number of hydrogen-bond donors (Lipinski definition) is 1. The van der Waals surface area contributed by atoms with Gasteiger partial charge in [-0.05, 0) is 60.4 Å². The van der Waals surface area contributed by atoms with Gasteiger partial charge in [0.1, 0.15) is 5.56 Å². The van der Waals surface area contributed by atoms with E-state index in [1.54, 1.807) is 6.20 Å². The van der Waals surface area contributed by atoms with Crippen LogP contribution in [0.5, 0.6) is 0 Å². The quantitative estimate of drug-likeness (QED) is 0.787. The van der Waals surface area contributed by atoms with Gasteiger partial charge in [0.15, 0.2) is 5.78 Å². The zero-order valence-electron chi connectivity index (χ0n) is 16.2. The molecule has 0 bridgehead atoms. The lowest BCUT2D eigenvalue weighted by atomic mass is 9.99. The van der Waals surface area contributed by atoms with Crippen molar-refractivity contribution < 1.29 is 9.59 Å². The highest BCUT2D eigenvalue weighted by Crippen LogP contribution is 2.33. The van der Waals surface area contributed by atoms with Gasteiger partial charge in [0.05, 0.1) is 6.54 Å². The standard InChI is InChI=1S/C23H24N2O3/c1-14-6-9-16-4-3-5-17(21(14)16)12-25-13-18(20(26)10-15-7-8-15)11-19(23(25)28)22(27)24-2/h3-6,11,13,15H,7-10,12H2,1-2H3,(H,24,27). The number of allylic oxidation sites excluding steroid dienone is 2. The average Bonchev–Trinajstić information content (AvgIpc) is 3.43. The highest BCUT2D eigenvalue weighted by Gasteiger charge is 2.26. The number of pyridine rings is 1. The summed E-state index contributed by atoms with van der Waals surface area (Å²) in [6.45, 7) is 2.41. The molecule has 2 aromatic rings. The van der Waals surface area contributed by atoms with Crippen LogP contribution in [0.15, 0.2) is 41.3 Å². The Hall–Kier alpha value is -2.95. The maximum absolute atomic E-state index is 12.9. The van der Waals surface area contributed by atoms with Gasteiger partial charge in [-0.25, -0.2) is 0 Å². The lowest BCUT2D eigenvalue weighted by Crippen LogP contribution is -2.32. The van der Waals surface area contributed by atoms with Gasteiger partial charge in [0.25, 0.3) is 11.5 Å². The number of carbonyl (C=O) groups excluding carboxylic acids is 2. The third-order valence-corrected chi connectivity index (χ3v) is 5.65. The molecule has 1 fully saturated rings. The van der Waals surface area contributed by atoms with E-state index < -0.39 is 5.91 Å². The number of carbonyl (C=O) groups is 2. The van der Waals surface area contributed by atoms with Gasteiger partial charge in [0.2, 0.25) is 0 Å². The van der Waals surface area contributed by atoms with Crippen LogP contribution in [0, 0.1) is 5.92 Å². The number of fused-ring (bicyclic) bond motifs is 1. The summed E-state index contributed by atoms with van der Waals surface area (Å²) in [5, 5.41) is 2.51. The highest BCUT2D eigenvalue weighted by atomic mass is 16.2. The molecule has 1 heterocycles. The van der Waals surface area contributed by atoms with Gasteiger partial charge in [-0.1, -0.05) is 24.3 Å². The number of ketones is 1. The summed E-state index contributed by atoms with van der Waals surface area (Å²) in [4.78, 5) is 37.8. The third kappa shape index (κ3) is 3.44. The van der Waals surface area contributed by atoms with Crippen LogP contribution in [-0.4, -0.2) is 23.3 Å². The number of aromatic nitrogens is 1. The van der Waals surface area contributed by atoms with Crippen molar-refractivity contribution in [1.82, 2.24) is 9.88 Å². The molecule has 0 spiro atoms. The summed E-state index contributed by atoms with van der Waals surface area (Å²) >= 11 is 0. The predicted octanol–water partition coefficient (Wildman–Crippen LogP) is 3.20. The normalized spacial score (nSPS) is 15.1. The van der Waals surface area contributed by atoms with Gasteiger partial charge in [-0.2, -0.15) is 0 Å². The highest BCUT2D eigenvalue weighted by molar-refractivity contribution is 6.00. The maximum atomic E-state index is 12.9. The van der Waals surface area contributed by atoms with Crippen molar-refractivity contribution in [2.75, 3.05) is 7.05 Å². The first-order valence-corrected chi connectivity index (χ1v) is 9.75. The van der Waals surface area contributed by atoms with Crippen molar-refractivity contribution in [2.24, 2.45) is 5.92 Å². The Labute approximate surface area is 164 Å². The molecule has 1 N–H and O–H groups in total. The van der Waals surface area contributed by atoms with Crippen LogP contribution in [0.3, 0.4) is 0 Å². The van der Waals surface area contributed by atoms with Crippen molar-refractivity contribution >= 4 is 17.3 Å². The first-order chi connectivity index (χ1) is 13.5. The molecule has 0 radical (unpaired) electrons. The second-order valence-electron chi connectivity index (χ2n) is 7.77. The Morgan fingerprint density at radius 2 is 2.04 bits per heavy atom. The smallest absolute Gasteiger partial charge is 0.263 e. The van der Waals surface area contributed by atoms with Crippen LogP contribution in [0.25, 0.3) is 5.57 Å². The Bertz CT molecular complexity index is 1060. The van der Waals surface area contributed by atoms with Gasteiger partial charge in [-0.3, -0.25) is 14.4 Å². The van der Waals surface area contributed by atoms with Crippen LogP contribution >= 0.6 is 0 Å². The molecule has 1 saturated carbocycles. The van der Waals surface area contributed by atoms with Gasteiger partial charge >= 0.3 is 0 Å². The summed E-state index contributed by atoms with van der Waals surface area (Å²) in [7, 11) is 1.49. The van der Waals surface area contributed by atoms with Crippen LogP contribution in [0.1, 0.15) is 63.6 Å². The van der Waals surface area contributed by atoms with E-state index in [0.717, 1.165) is 24.8 Å². The molecular formula is C23H24N2O3. The third-order valence-electron chi connectivity index (χ3n) is 5.65. The fourth-order valence-electron chi connectivity index (χ4n) is 3.92. The number of nitrogens with zero attached hydrogens (tertiary/aromatic N) is 1. The predicted molar refractivity (Wildman–Crippen MR) is 109 cm³/mol. The first-order valence-electron chi connectivity index (χ1n) is 9.75. The molecule has 2 aliphatic rings. The van der Waals surface area contributed by atoms with Crippen LogP contribution in [0.4, 0.5) is 0 Å². The summed E-state index contributed by atoms with van der Waals surface area (Å²) in [5.41, 5.74) is 4.72. The van der Waals surface area contributed by atoms with E-state index in [2.05, 4.69) is 24.4 Å². The van der Waals surface area contributed by atoms with Crippen molar-refractivity contribution in [3.63, 3.8) is 0 Å². The molecular weight excluding hydrogens is 352 g/mol. The molecule has 5 nitrogen and oxygen atoms in total. The molecule has 0 saturated heterocycles. The number of hydrogen-bond acceptors (Lipinski definition) is 3. The number of benzene rings is 1. The molecule has 4 rings (SSSR count). The van der Waals surface area contributed by atoms with Crippen molar-refractivity contribution in [3.05, 3.63) is 74.7 Å². The van der Waals surface area contributed by atoms with E-state index in [1.165, 1.54) is 34.4 Å². The van der Waals surface area contributed by atoms with E-state index in [-0.39, 0.29) is 16.9 Å². The lowest BCUT2D eigenvalue weighted by Gasteiger charge is -2.14. The van der Waals surface area contributed by atoms with E-state index in [9.17, 15) is 14.4 Å². The lowest BCUT2D eigenvalue weighted by molar-refractivity contribution is 0.0961. The number of amides is 1. The topological polar surface area (TPSA) is 68.2 Å². The Balaban J connectivity index is 1.77. The van der Waals surface area contributed by atoms with E-state index in [4.69, 9.17) is 0 Å². The molecule has 0 aliphatic heterocycles.